The van der Waals surface area contributed by atoms with E-state index < -0.39 is 0 Å². The van der Waals surface area contributed by atoms with Gasteiger partial charge in [-0.25, -0.2) is 4.98 Å². The molecule has 0 fully saturated rings. The van der Waals surface area contributed by atoms with Crippen molar-refractivity contribution in [1.82, 2.24) is 4.98 Å². The van der Waals surface area contributed by atoms with Crippen LogP contribution in [0.25, 0.3) is 0 Å². The molecular weight excluding hydrogens is 258 g/mol. The number of rotatable bonds is 6. The van der Waals surface area contributed by atoms with Gasteiger partial charge in [-0.3, -0.25) is 0 Å². The van der Waals surface area contributed by atoms with E-state index in [2.05, 4.69) is 21.3 Å². The van der Waals surface area contributed by atoms with Gasteiger partial charge in [-0.2, -0.15) is 0 Å². The van der Waals surface area contributed by atoms with Gasteiger partial charge in [0.2, 0.25) is 0 Å². The number of anilines is 1. The smallest absolute Gasteiger partial charge is 0.128 e. The van der Waals surface area contributed by atoms with Crippen LogP contribution in [0.15, 0.2) is 41.9 Å². The highest BCUT2D eigenvalue weighted by Crippen LogP contribution is 2.17. The second kappa shape index (κ2) is 6.14. The molecule has 2 aromatic rings. The summed E-state index contributed by atoms with van der Waals surface area (Å²) in [6.07, 6.45) is 1.79. The number of hydrogen-bond acceptors (Lipinski definition) is 4. The Morgan fingerprint density at radius 3 is 2.68 bits per heavy atom. The topological polar surface area (TPSA) is 39.2 Å². The zero-order chi connectivity index (χ0) is 13.7. The van der Waals surface area contributed by atoms with Gasteiger partial charge in [-0.1, -0.05) is 12.1 Å². The van der Waals surface area contributed by atoms with Gasteiger partial charge >= 0.3 is 0 Å². The summed E-state index contributed by atoms with van der Waals surface area (Å²) < 4.78 is -0.284. The Balaban J connectivity index is 2.09. The van der Waals surface area contributed by atoms with E-state index in [4.69, 9.17) is 0 Å². The van der Waals surface area contributed by atoms with Crippen LogP contribution in [0, 0.1) is 5.21 Å². The Kier molecular flexibility index (Phi) is 4.52. The molecule has 0 aliphatic carbocycles. The lowest BCUT2D eigenvalue weighted by Gasteiger charge is -2.36. The summed E-state index contributed by atoms with van der Waals surface area (Å²) >= 11 is 1.73. The third-order valence-corrected chi connectivity index (χ3v) is 3.67. The third kappa shape index (κ3) is 4.63. The molecule has 0 aromatic carbocycles. The first-order chi connectivity index (χ1) is 9.04. The molecule has 4 nitrogen and oxygen atoms in total. The lowest BCUT2D eigenvalue weighted by molar-refractivity contribution is -0.838. The molecule has 0 spiro atoms. The minimum atomic E-state index is -0.284. The first-order valence-electron chi connectivity index (χ1n) is 6.27. The van der Waals surface area contributed by atoms with Crippen molar-refractivity contribution >= 4 is 17.2 Å². The van der Waals surface area contributed by atoms with Crippen LogP contribution in [0.1, 0.15) is 4.88 Å². The average Bonchev–Trinajstić information content (AvgIpc) is 2.87. The van der Waals surface area contributed by atoms with Crippen LogP contribution in [0.3, 0.4) is 0 Å². The minimum Gasteiger partial charge on any atom is -0.633 e. The van der Waals surface area contributed by atoms with E-state index in [1.807, 2.05) is 24.3 Å². The van der Waals surface area contributed by atoms with E-state index in [0.29, 0.717) is 13.1 Å². The molecule has 2 aromatic heterocycles. The average molecular weight is 277 g/mol. The molecule has 0 saturated heterocycles. The molecule has 0 atom stereocenters. The molecule has 2 rings (SSSR count). The van der Waals surface area contributed by atoms with Crippen LogP contribution >= 0.6 is 11.3 Å². The van der Waals surface area contributed by atoms with Crippen LogP contribution in [0.5, 0.6) is 0 Å². The monoisotopic (exact) mass is 277 g/mol. The van der Waals surface area contributed by atoms with E-state index in [0.717, 1.165) is 12.4 Å². The van der Waals surface area contributed by atoms with Gasteiger partial charge in [-0.15, -0.1) is 11.3 Å². The summed E-state index contributed by atoms with van der Waals surface area (Å²) in [5, 5.41) is 13.8. The Labute approximate surface area is 118 Å². The summed E-state index contributed by atoms with van der Waals surface area (Å²) in [6, 6.07) is 10.0. The normalized spacial score (nSPS) is 11.5. The molecule has 0 radical (unpaired) electrons. The van der Waals surface area contributed by atoms with Gasteiger partial charge in [0.25, 0.3) is 0 Å². The highest BCUT2D eigenvalue weighted by Gasteiger charge is 2.12. The molecule has 19 heavy (non-hydrogen) atoms. The Hall–Kier alpha value is -1.43. The number of aromatic nitrogens is 1. The van der Waals surface area contributed by atoms with E-state index >= 15 is 0 Å². The maximum absolute atomic E-state index is 11.7. The van der Waals surface area contributed by atoms with E-state index in [1.54, 1.807) is 31.6 Å². The largest absolute Gasteiger partial charge is 0.633 e. The summed E-state index contributed by atoms with van der Waals surface area (Å²) in [4.78, 5) is 7.82. The number of hydroxylamine groups is 3. The Morgan fingerprint density at radius 2 is 2.11 bits per heavy atom. The number of thiophene rings is 1. The second-order valence-corrected chi connectivity index (χ2v) is 6.02. The predicted octanol–water partition coefficient (Wildman–Crippen LogP) is 2.72. The fourth-order valence-electron chi connectivity index (χ4n) is 1.77. The van der Waals surface area contributed by atoms with Crippen molar-refractivity contribution in [3.8, 4) is 0 Å². The van der Waals surface area contributed by atoms with E-state index in [9.17, 15) is 5.21 Å². The van der Waals surface area contributed by atoms with Crippen molar-refractivity contribution in [2.75, 3.05) is 32.1 Å². The Bertz CT molecular complexity index is 479. The standard InChI is InChI=1S/C14H19N3OS/c1-17(2,18)10-9-16(12-13-6-5-11-19-13)14-7-3-4-8-15-14/h3-8,11H,9-10,12H2,1-2H3. The van der Waals surface area contributed by atoms with Crippen molar-refractivity contribution in [2.24, 2.45) is 0 Å². The summed E-state index contributed by atoms with van der Waals surface area (Å²) in [7, 11) is 3.34. The summed E-state index contributed by atoms with van der Waals surface area (Å²) in [5.74, 6) is 0.921. The molecular formula is C14H19N3OS. The lowest BCUT2D eigenvalue weighted by atomic mass is 10.3. The zero-order valence-electron chi connectivity index (χ0n) is 11.3. The number of quaternary nitrogens is 1. The first-order valence-corrected chi connectivity index (χ1v) is 7.15. The fourth-order valence-corrected chi connectivity index (χ4v) is 2.49. The molecule has 2 heterocycles. The summed E-state index contributed by atoms with van der Waals surface area (Å²) in [5.41, 5.74) is 0. The van der Waals surface area contributed by atoms with Gasteiger partial charge in [0.15, 0.2) is 0 Å². The quantitative estimate of drug-likeness (QED) is 0.602. The SMILES string of the molecule is C[N+](C)([O-])CCN(Cc1cccs1)c1ccccn1. The molecule has 102 valence electrons. The first kappa shape index (κ1) is 14.0. The zero-order valence-corrected chi connectivity index (χ0v) is 12.1. The Morgan fingerprint density at radius 1 is 1.26 bits per heavy atom. The molecule has 0 amide bonds. The van der Waals surface area contributed by atoms with Crippen molar-refractivity contribution in [1.29, 1.82) is 0 Å². The van der Waals surface area contributed by atoms with Crippen LogP contribution in [-0.4, -0.2) is 36.8 Å². The van der Waals surface area contributed by atoms with Gasteiger partial charge in [0.1, 0.15) is 5.82 Å². The van der Waals surface area contributed by atoms with E-state index in [-0.39, 0.29) is 4.65 Å². The van der Waals surface area contributed by atoms with E-state index in [1.165, 1.54) is 4.88 Å². The molecule has 0 N–H and O–H groups in total. The minimum absolute atomic E-state index is 0.284. The van der Waals surface area contributed by atoms with Crippen molar-refractivity contribution in [3.05, 3.63) is 52.0 Å². The highest BCUT2D eigenvalue weighted by molar-refractivity contribution is 7.09. The lowest BCUT2D eigenvalue weighted by Crippen LogP contribution is -2.40. The van der Waals surface area contributed by atoms with Crippen molar-refractivity contribution in [2.45, 2.75) is 6.54 Å². The maximum Gasteiger partial charge on any atom is 0.128 e. The third-order valence-electron chi connectivity index (χ3n) is 2.81. The van der Waals surface area contributed by atoms with Crippen LogP contribution in [0.2, 0.25) is 0 Å². The van der Waals surface area contributed by atoms with Gasteiger partial charge in [-0.05, 0) is 23.6 Å². The van der Waals surface area contributed by atoms with Gasteiger partial charge in [0.05, 0.1) is 33.7 Å². The fraction of sp³-hybridized carbons (Fsp3) is 0.357. The van der Waals surface area contributed by atoms with Crippen LogP contribution < -0.4 is 4.90 Å². The highest BCUT2D eigenvalue weighted by atomic mass is 32.1. The maximum atomic E-state index is 11.7. The van der Waals surface area contributed by atoms with Gasteiger partial charge in [0, 0.05) is 11.1 Å². The molecule has 0 aliphatic rings. The molecule has 0 saturated carbocycles. The van der Waals surface area contributed by atoms with Crippen molar-refractivity contribution < 1.29 is 4.65 Å². The summed E-state index contributed by atoms with van der Waals surface area (Å²) in [6.45, 7) is 2.04. The van der Waals surface area contributed by atoms with Crippen molar-refractivity contribution in [3.63, 3.8) is 0 Å². The molecule has 0 bridgehead atoms. The number of nitrogens with zero attached hydrogens (tertiary/aromatic N) is 3. The molecule has 5 heteroatoms. The van der Waals surface area contributed by atoms with Crippen LogP contribution in [-0.2, 0) is 6.54 Å². The van der Waals surface area contributed by atoms with Gasteiger partial charge < -0.3 is 14.8 Å². The predicted molar refractivity (Wildman–Crippen MR) is 79.9 cm³/mol. The number of pyridine rings is 1. The molecule has 0 aliphatic heterocycles. The van der Waals surface area contributed by atoms with Crippen LogP contribution in [0.4, 0.5) is 5.82 Å². The number of hydrogen-bond donors (Lipinski definition) is 0. The molecule has 0 unspecified atom stereocenters. The second-order valence-electron chi connectivity index (χ2n) is 4.99. The number of likely N-dealkylation sites (N-methyl/N-ethyl adjacent to an activating group) is 1.